The highest BCUT2D eigenvalue weighted by molar-refractivity contribution is 7.99. The van der Waals surface area contributed by atoms with E-state index in [2.05, 4.69) is 19.2 Å². The van der Waals surface area contributed by atoms with E-state index in [0.717, 1.165) is 11.7 Å². The third-order valence-corrected chi connectivity index (χ3v) is 4.88. The Hall–Kier alpha value is -0.220. The zero-order valence-electron chi connectivity index (χ0n) is 12.5. The zero-order chi connectivity index (χ0) is 14.1. The maximum atomic E-state index is 11.9. The Morgan fingerprint density at radius 2 is 2.00 bits per heavy atom. The van der Waals surface area contributed by atoms with Crippen LogP contribution in [0.25, 0.3) is 0 Å². The van der Waals surface area contributed by atoms with Gasteiger partial charge in [-0.15, -0.1) is 0 Å². The molecule has 0 aliphatic heterocycles. The Labute approximate surface area is 122 Å². The summed E-state index contributed by atoms with van der Waals surface area (Å²) in [5.74, 6) is 3.13. The standard InChI is InChI=1S/C15H30N2OS/c1-12(2)8-9-19-11-15(18)17-14(10-16)13-6-4-3-5-7-13/h12-14H,3-11,16H2,1-2H3,(H,17,18). The van der Waals surface area contributed by atoms with E-state index in [1.54, 1.807) is 11.8 Å². The van der Waals surface area contributed by atoms with Crippen molar-refractivity contribution < 1.29 is 4.79 Å². The number of rotatable bonds is 8. The van der Waals surface area contributed by atoms with Crippen molar-refractivity contribution >= 4 is 17.7 Å². The molecule has 0 aromatic rings. The van der Waals surface area contributed by atoms with Gasteiger partial charge in [0.2, 0.25) is 5.91 Å². The second-order valence-corrected chi connectivity index (χ2v) is 7.15. The van der Waals surface area contributed by atoms with Crippen LogP contribution >= 0.6 is 11.8 Å². The second-order valence-electron chi connectivity index (χ2n) is 6.04. The number of nitrogens with two attached hydrogens (primary N) is 1. The highest BCUT2D eigenvalue weighted by atomic mass is 32.2. The molecule has 0 bridgehead atoms. The lowest BCUT2D eigenvalue weighted by molar-refractivity contribution is -0.119. The average Bonchev–Trinajstić information content (AvgIpc) is 2.41. The predicted molar refractivity (Wildman–Crippen MR) is 84.3 cm³/mol. The molecule has 1 aliphatic carbocycles. The molecule has 19 heavy (non-hydrogen) atoms. The number of hydrogen-bond acceptors (Lipinski definition) is 3. The van der Waals surface area contributed by atoms with Gasteiger partial charge in [0.15, 0.2) is 0 Å². The SMILES string of the molecule is CC(C)CCSCC(=O)NC(CN)C1CCCCC1. The molecule has 0 aromatic carbocycles. The number of carbonyl (C=O) groups is 1. The van der Waals surface area contributed by atoms with Crippen molar-refractivity contribution in [2.75, 3.05) is 18.1 Å². The van der Waals surface area contributed by atoms with E-state index in [9.17, 15) is 4.79 Å². The lowest BCUT2D eigenvalue weighted by atomic mass is 9.84. The molecule has 0 spiro atoms. The molecule has 0 radical (unpaired) electrons. The van der Waals surface area contributed by atoms with E-state index in [1.165, 1.54) is 38.5 Å². The van der Waals surface area contributed by atoms with Crippen LogP contribution in [0.1, 0.15) is 52.4 Å². The summed E-state index contributed by atoms with van der Waals surface area (Å²) >= 11 is 1.74. The largest absolute Gasteiger partial charge is 0.351 e. The minimum atomic E-state index is 0.162. The minimum Gasteiger partial charge on any atom is -0.351 e. The molecule has 1 aliphatic rings. The van der Waals surface area contributed by atoms with Gasteiger partial charge in [-0.2, -0.15) is 11.8 Å². The van der Waals surface area contributed by atoms with Gasteiger partial charge in [0.1, 0.15) is 0 Å². The first kappa shape index (κ1) is 16.8. The van der Waals surface area contributed by atoms with Gasteiger partial charge in [0, 0.05) is 12.6 Å². The Bertz CT molecular complexity index is 253. The van der Waals surface area contributed by atoms with E-state index in [1.807, 2.05) is 0 Å². The van der Waals surface area contributed by atoms with Crippen molar-refractivity contribution in [2.24, 2.45) is 17.6 Å². The molecule has 4 heteroatoms. The van der Waals surface area contributed by atoms with Crippen LogP contribution in [0.5, 0.6) is 0 Å². The quantitative estimate of drug-likeness (QED) is 0.675. The number of amides is 1. The van der Waals surface area contributed by atoms with E-state index in [0.29, 0.717) is 18.2 Å². The van der Waals surface area contributed by atoms with Gasteiger partial charge in [-0.25, -0.2) is 0 Å². The molecule has 1 amide bonds. The summed E-state index contributed by atoms with van der Waals surface area (Å²) in [4.78, 5) is 11.9. The van der Waals surface area contributed by atoms with E-state index >= 15 is 0 Å². The van der Waals surface area contributed by atoms with Crippen LogP contribution in [0.4, 0.5) is 0 Å². The van der Waals surface area contributed by atoms with Gasteiger partial charge in [0.05, 0.1) is 5.75 Å². The molecule has 1 saturated carbocycles. The van der Waals surface area contributed by atoms with Crippen molar-refractivity contribution in [1.82, 2.24) is 5.32 Å². The highest BCUT2D eigenvalue weighted by Gasteiger charge is 2.23. The molecule has 0 aromatic heterocycles. The fourth-order valence-corrected chi connectivity index (χ4v) is 3.69. The van der Waals surface area contributed by atoms with Crippen molar-refractivity contribution in [1.29, 1.82) is 0 Å². The molecule has 0 saturated heterocycles. The molecular formula is C15H30N2OS. The minimum absolute atomic E-state index is 0.162. The normalized spacial score (nSPS) is 18.5. The van der Waals surface area contributed by atoms with Crippen LogP contribution in [-0.2, 0) is 4.79 Å². The fraction of sp³-hybridized carbons (Fsp3) is 0.933. The van der Waals surface area contributed by atoms with Crippen molar-refractivity contribution in [3.05, 3.63) is 0 Å². The molecule has 1 fully saturated rings. The lowest BCUT2D eigenvalue weighted by Crippen LogP contribution is -2.46. The summed E-state index contributed by atoms with van der Waals surface area (Å²) in [6.07, 6.45) is 7.55. The molecule has 3 nitrogen and oxygen atoms in total. The number of thioether (sulfide) groups is 1. The van der Waals surface area contributed by atoms with Gasteiger partial charge >= 0.3 is 0 Å². The van der Waals surface area contributed by atoms with Gasteiger partial charge in [-0.05, 0) is 36.9 Å². The Balaban J connectivity index is 2.20. The molecule has 1 unspecified atom stereocenters. The van der Waals surface area contributed by atoms with Crippen LogP contribution in [0.3, 0.4) is 0 Å². The molecule has 3 N–H and O–H groups in total. The van der Waals surface area contributed by atoms with Gasteiger partial charge in [-0.3, -0.25) is 4.79 Å². The van der Waals surface area contributed by atoms with Crippen LogP contribution in [0, 0.1) is 11.8 Å². The summed E-state index contributed by atoms with van der Waals surface area (Å²) in [6.45, 7) is 5.01. The first-order valence-corrected chi connectivity index (χ1v) is 8.86. The van der Waals surface area contributed by atoms with Crippen molar-refractivity contribution in [3.63, 3.8) is 0 Å². The number of carbonyl (C=O) groups excluding carboxylic acids is 1. The monoisotopic (exact) mass is 286 g/mol. The number of nitrogens with one attached hydrogen (secondary N) is 1. The maximum Gasteiger partial charge on any atom is 0.230 e. The highest BCUT2D eigenvalue weighted by Crippen LogP contribution is 2.26. The lowest BCUT2D eigenvalue weighted by Gasteiger charge is -2.30. The Morgan fingerprint density at radius 3 is 2.58 bits per heavy atom. The van der Waals surface area contributed by atoms with E-state index in [-0.39, 0.29) is 11.9 Å². The summed E-state index contributed by atoms with van der Waals surface area (Å²) < 4.78 is 0. The predicted octanol–water partition coefficient (Wildman–Crippen LogP) is 2.79. The van der Waals surface area contributed by atoms with Crippen LogP contribution < -0.4 is 11.1 Å². The first-order valence-electron chi connectivity index (χ1n) is 7.70. The van der Waals surface area contributed by atoms with Crippen molar-refractivity contribution in [2.45, 2.75) is 58.4 Å². The molecular weight excluding hydrogens is 256 g/mol. The van der Waals surface area contributed by atoms with Crippen LogP contribution in [0.15, 0.2) is 0 Å². The first-order chi connectivity index (χ1) is 9.13. The van der Waals surface area contributed by atoms with Gasteiger partial charge in [-0.1, -0.05) is 33.1 Å². The van der Waals surface area contributed by atoms with E-state index in [4.69, 9.17) is 5.73 Å². The average molecular weight is 286 g/mol. The summed E-state index contributed by atoms with van der Waals surface area (Å²) in [5, 5.41) is 3.14. The molecule has 112 valence electrons. The number of hydrogen-bond donors (Lipinski definition) is 2. The zero-order valence-corrected chi connectivity index (χ0v) is 13.3. The maximum absolute atomic E-state index is 11.9. The molecule has 1 atom stereocenters. The third-order valence-electron chi connectivity index (χ3n) is 3.89. The van der Waals surface area contributed by atoms with Gasteiger partial charge < -0.3 is 11.1 Å². The topological polar surface area (TPSA) is 55.1 Å². The van der Waals surface area contributed by atoms with E-state index < -0.39 is 0 Å². The Morgan fingerprint density at radius 1 is 1.32 bits per heavy atom. The van der Waals surface area contributed by atoms with Crippen molar-refractivity contribution in [3.8, 4) is 0 Å². The smallest absolute Gasteiger partial charge is 0.230 e. The molecule has 1 rings (SSSR count). The summed E-state index contributed by atoms with van der Waals surface area (Å²) in [5.41, 5.74) is 5.82. The fourth-order valence-electron chi connectivity index (χ4n) is 2.64. The summed E-state index contributed by atoms with van der Waals surface area (Å²) in [6, 6.07) is 0.193. The second kappa shape index (κ2) is 9.65. The Kier molecular flexibility index (Phi) is 8.55. The summed E-state index contributed by atoms with van der Waals surface area (Å²) in [7, 11) is 0. The van der Waals surface area contributed by atoms with Gasteiger partial charge in [0.25, 0.3) is 0 Å². The molecule has 0 heterocycles. The van der Waals surface area contributed by atoms with Crippen LogP contribution in [0.2, 0.25) is 0 Å². The van der Waals surface area contributed by atoms with Crippen LogP contribution in [-0.4, -0.2) is 30.0 Å². The third kappa shape index (κ3) is 7.21.